The topological polar surface area (TPSA) is 49.7 Å². The average Bonchev–Trinajstić information content (AvgIpc) is 2.31. The Bertz CT molecular complexity index is 503. The average molecular weight is 230 g/mol. The van der Waals surface area contributed by atoms with Crippen LogP contribution in [0.1, 0.15) is 6.92 Å². The fourth-order valence-corrected chi connectivity index (χ4v) is 1.67. The first-order valence-electron chi connectivity index (χ1n) is 5.46. The van der Waals surface area contributed by atoms with Crippen LogP contribution in [-0.4, -0.2) is 16.8 Å². The normalized spacial score (nSPS) is 10.2. The Morgan fingerprint density at radius 1 is 0.941 bits per heavy atom. The summed E-state index contributed by atoms with van der Waals surface area (Å²) in [7, 11) is 0. The molecule has 0 spiro atoms. The van der Waals surface area contributed by atoms with Gasteiger partial charge in [0.15, 0.2) is 0 Å². The SMILES string of the molecule is CCOc1cc(O)ccc1-c1ccc(O)cc1. The van der Waals surface area contributed by atoms with Gasteiger partial charge in [0.25, 0.3) is 0 Å². The van der Waals surface area contributed by atoms with Gasteiger partial charge in [0.2, 0.25) is 0 Å². The monoisotopic (exact) mass is 230 g/mol. The third kappa shape index (κ3) is 2.50. The zero-order valence-electron chi connectivity index (χ0n) is 9.55. The molecule has 17 heavy (non-hydrogen) atoms. The lowest BCUT2D eigenvalue weighted by Gasteiger charge is -2.10. The van der Waals surface area contributed by atoms with Gasteiger partial charge in [0.1, 0.15) is 17.2 Å². The minimum Gasteiger partial charge on any atom is -0.508 e. The van der Waals surface area contributed by atoms with Crippen LogP contribution in [0.4, 0.5) is 0 Å². The van der Waals surface area contributed by atoms with Crippen molar-refractivity contribution >= 4 is 0 Å². The molecule has 0 fully saturated rings. The molecule has 0 aromatic heterocycles. The van der Waals surface area contributed by atoms with E-state index in [1.54, 1.807) is 30.3 Å². The Balaban J connectivity index is 2.46. The first kappa shape index (κ1) is 11.3. The van der Waals surface area contributed by atoms with Gasteiger partial charge < -0.3 is 14.9 Å². The summed E-state index contributed by atoms with van der Waals surface area (Å²) in [5, 5.41) is 18.7. The maximum absolute atomic E-state index is 9.44. The number of ether oxygens (including phenoxy) is 1. The quantitative estimate of drug-likeness (QED) is 0.851. The van der Waals surface area contributed by atoms with Crippen molar-refractivity contribution in [2.75, 3.05) is 6.61 Å². The summed E-state index contributed by atoms with van der Waals surface area (Å²) in [6.45, 7) is 2.43. The predicted molar refractivity (Wildman–Crippen MR) is 66.4 cm³/mol. The van der Waals surface area contributed by atoms with Crippen LogP contribution < -0.4 is 4.74 Å². The van der Waals surface area contributed by atoms with Crippen molar-refractivity contribution in [1.29, 1.82) is 0 Å². The molecule has 0 aliphatic carbocycles. The highest BCUT2D eigenvalue weighted by Crippen LogP contribution is 2.33. The molecule has 0 radical (unpaired) electrons. The van der Waals surface area contributed by atoms with Crippen molar-refractivity contribution in [3.63, 3.8) is 0 Å². The molecule has 0 aliphatic heterocycles. The van der Waals surface area contributed by atoms with Crippen LogP contribution in [0.3, 0.4) is 0 Å². The van der Waals surface area contributed by atoms with Gasteiger partial charge in [-0.2, -0.15) is 0 Å². The molecule has 0 amide bonds. The third-order valence-corrected chi connectivity index (χ3v) is 2.44. The molecular weight excluding hydrogens is 216 g/mol. The van der Waals surface area contributed by atoms with E-state index in [-0.39, 0.29) is 11.5 Å². The minimum absolute atomic E-state index is 0.177. The van der Waals surface area contributed by atoms with E-state index in [1.807, 2.05) is 19.1 Å². The lowest BCUT2D eigenvalue weighted by atomic mass is 10.0. The smallest absolute Gasteiger partial charge is 0.130 e. The fourth-order valence-electron chi connectivity index (χ4n) is 1.67. The highest BCUT2D eigenvalue weighted by atomic mass is 16.5. The number of aromatic hydroxyl groups is 2. The molecule has 0 bridgehead atoms. The first-order valence-corrected chi connectivity index (χ1v) is 5.46. The zero-order chi connectivity index (χ0) is 12.3. The molecule has 0 unspecified atom stereocenters. The van der Waals surface area contributed by atoms with E-state index in [2.05, 4.69) is 0 Å². The second kappa shape index (κ2) is 4.78. The number of phenolic OH excluding ortho intramolecular Hbond substituents is 2. The van der Waals surface area contributed by atoms with Crippen molar-refractivity contribution in [3.05, 3.63) is 42.5 Å². The Kier molecular flexibility index (Phi) is 3.19. The second-order valence-electron chi connectivity index (χ2n) is 3.66. The molecule has 0 atom stereocenters. The van der Waals surface area contributed by atoms with Crippen molar-refractivity contribution in [1.82, 2.24) is 0 Å². The number of benzene rings is 2. The van der Waals surface area contributed by atoms with Crippen LogP contribution >= 0.6 is 0 Å². The molecule has 3 heteroatoms. The van der Waals surface area contributed by atoms with E-state index in [0.29, 0.717) is 12.4 Å². The van der Waals surface area contributed by atoms with E-state index in [0.717, 1.165) is 11.1 Å². The molecule has 2 rings (SSSR count). The fraction of sp³-hybridized carbons (Fsp3) is 0.143. The van der Waals surface area contributed by atoms with Crippen LogP contribution in [0.5, 0.6) is 17.2 Å². The van der Waals surface area contributed by atoms with Gasteiger partial charge in [-0.3, -0.25) is 0 Å². The number of rotatable bonds is 3. The van der Waals surface area contributed by atoms with Crippen LogP contribution in [0.2, 0.25) is 0 Å². The Hall–Kier alpha value is -2.16. The summed E-state index contributed by atoms with van der Waals surface area (Å²) in [6, 6.07) is 11.9. The molecule has 0 saturated carbocycles. The lowest BCUT2D eigenvalue weighted by Crippen LogP contribution is -1.93. The summed E-state index contributed by atoms with van der Waals surface area (Å²) >= 11 is 0. The largest absolute Gasteiger partial charge is 0.508 e. The summed E-state index contributed by atoms with van der Waals surface area (Å²) < 4.78 is 5.48. The van der Waals surface area contributed by atoms with E-state index >= 15 is 0 Å². The lowest BCUT2D eigenvalue weighted by molar-refractivity contribution is 0.339. The van der Waals surface area contributed by atoms with Gasteiger partial charge in [-0.1, -0.05) is 12.1 Å². The highest BCUT2D eigenvalue weighted by Gasteiger charge is 2.07. The standard InChI is InChI=1S/C14H14O3/c1-2-17-14-9-12(16)7-8-13(14)10-3-5-11(15)6-4-10/h3-9,15-16H,2H2,1H3. The Morgan fingerprint density at radius 3 is 2.24 bits per heavy atom. The number of phenols is 2. The van der Waals surface area contributed by atoms with E-state index < -0.39 is 0 Å². The van der Waals surface area contributed by atoms with Crippen molar-refractivity contribution in [2.24, 2.45) is 0 Å². The number of hydrogen-bond acceptors (Lipinski definition) is 3. The van der Waals surface area contributed by atoms with Crippen LogP contribution in [0, 0.1) is 0 Å². The van der Waals surface area contributed by atoms with Gasteiger partial charge in [0, 0.05) is 11.6 Å². The minimum atomic E-state index is 0.177. The molecule has 2 N–H and O–H groups in total. The van der Waals surface area contributed by atoms with Crippen molar-refractivity contribution in [3.8, 4) is 28.4 Å². The van der Waals surface area contributed by atoms with Crippen LogP contribution in [-0.2, 0) is 0 Å². The van der Waals surface area contributed by atoms with Crippen molar-refractivity contribution < 1.29 is 14.9 Å². The number of hydrogen-bond donors (Lipinski definition) is 2. The summed E-state index contributed by atoms with van der Waals surface area (Å²) in [6.07, 6.45) is 0. The molecular formula is C14H14O3. The summed E-state index contributed by atoms with van der Waals surface area (Å²) in [5.74, 6) is 1.04. The van der Waals surface area contributed by atoms with Gasteiger partial charge in [-0.05, 0) is 36.8 Å². The molecule has 0 aliphatic rings. The molecule has 0 heterocycles. The van der Waals surface area contributed by atoms with E-state index in [4.69, 9.17) is 4.74 Å². The summed E-state index contributed by atoms with van der Waals surface area (Å²) in [4.78, 5) is 0. The van der Waals surface area contributed by atoms with Gasteiger partial charge >= 0.3 is 0 Å². The summed E-state index contributed by atoms with van der Waals surface area (Å²) in [5.41, 5.74) is 1.83. The van der Waals surface area contributed by atoms with Crippen molar-refractivity contribution in [2.45, 2.75) is 6.92 Å². The van der Waals surface area contributed by atoms with Gasteiger partial charge in [0.05, 0.1) is 6.61 Å². The second-order valence-corrected chi connectivity index (χ2v) is 3.66. The molecule has 3 nitrogen and oxygen atoms in total. The third-order valence-electron chi connectivity index (χ3n) is 2.44. The molecule has 88 valence electrons. The van der Waals surface area contributed by atoms with Crippen LogP contribution in [0.15, 0.2) is 42.5 Å². The Morgan fingerprint density at radius 2 is 1.59 bits per heavy atom. The Labute approximate surface area is 99.9 Å². The zero-order valence-corrected chi connectivity index (χ0v) is 9.55. The molecule has 2 aromatic rings. The van der Waals surface area contributed by atoms with Crippen LogP contribution in [0.25, 0.3) is 11.1 Å². The van der Waals surface area contributed by atoms with E-state index in [9.17, 15) is 10.2 Å². The van der Waals surface area contributed by atoms with Gasteiger partial charge in [-0.15, -0.1) is 0 Å². The highest BCUT2D eigenvalue weighted by molar-refractivity contribution is 5.71. The first-order chi connectivity index (χ1) is 8.20. The maximum atomic E-state index is 9.44. The predicted octanol–water partition coefficient (Wildman–Crippen LogP) is 3.16. The van der Waals surface area contributed by atoms with Gasteiger partial charge in [-0.25, -0.2) is 0 Å². The maximum Gasteiger partial charge on any atom is 0.130 e. The van der Waals surface area contributed by atoms with E-state index in [1.165, 1.54) is 0 Å². The molecule has 0 saturated heterocycles. The molecule has 2 aromatic carbocycles.